The standard InChI is InChI=1S/C21H25N3O/c1-14(18-10-9-17-7-5-6-8-19(17)13-18)22-21(25)12-11-20-15(2)23-24(4)16(20)3/h5-10,13-14H,11-12H2,1-4H3,(H,22,25). The fourth-order valence-electron chi connectivity index (χ4n) is 3.29. The summed E-state index contributed by atoms with van der Waals surface area (Å²) in [6.07, 6.45) is 1.20. The maximum absolute atomic E-state index is 12.4. The molecule has 3 aromatic rings. The van der Waals surface area contributed by atoms with Gasteiger partial charge in [-0.15, -0.1) is 0 Å². The van der Waals surface area contributed by atoms with E-state index in [0.29, 0.717) is 6.42 Å². The van der Waals surface area contributed by atoms with Gasteiger partial charge < -0.3 is 5.32 Å². The number of hydrogen-bond donors (Lipinski definition) is 1. The van der Waals surface area contributed by atoms with E-state index in [0.717, 1.165) is 23.4 Å². The highest BCUT2D eigenvalue weighted by molar-refractivity contribution is 5.83. The van der Waals surface area contributed by atoms with Crippen molar-refractivity contribution >= 4 is 16.7 Å². The predicted molar refractivity (Wildman–Crippen MR) is 102 cm³/mol. The van der Waals surface area contributed by atoms with Crippen LogP contribution >= 0.6 is 0 Å². The molecule has 4 nitrogen and oxygen atoms in total. The molecule has 0 saturated heterocycles. The van der Waals surface area contributed by atoms with Crippen LogP contribution in [0.5, 0.6) is 0 Å². The fraction of sp³-hybridized carbons (Fsp3) is 0.333. The Balaban J connectivity index is 1.63. The highest BCUT2D eigenvalue weighted by atomic mass is 16.1. The Hall–Kier alpha value is -2.62. The van der Waals surface area contributed by atoms with Crippen molar-refractivity contribution in [3.63, 3.8) is 0 Å². The first-order valence-corrected chi connectivity index (χ1v) is 8.73. The molecule has 1 N–H and O–H groups in total. The van der Waals surface area contributed by atoms with Crippen LogP contribution in [0.3, 0.4) is 0 Å². The molecular formula is C21H25N3O. The molecular weight excluding hydrogens is 310 g/mol. The SMILES string of the molecule is Cc1nn(C)c(C)c1CCC(=O)NC(C)c1ccc2ccccc2c1. The van der Waals surface area contributed by atoms with E-state index in [1.54, 1.807) is 0 Å². The van der Waals surface area contributed by atoms with Gasteiger partial charge in [0.1, 0.15) is 0 Å². The van der Waals surface area contributed by atoms with Gasteiger partial charge in [0.25, 0.3) is 0 Å². The van der Waals surface area contributed by atoms with Crippen LogP contribution in [0.1, 0.15) is 41.9 Å². The molecule has 0 aliphatic rings. The van der Waals surface area contributed by atoms with Crippen LogP contribution in [0.2, 0.25) is 0 Å². The number of carbonyl (C=O) groups excluding carboxylic acids is 1. The summed E-state index contributed by atoms with van der Waals surface area (Å²) in [6, 6.07) is 14.6. The summed E-state index contributed by atoms with van der Waals surface area (Å²) in [4.78, 5) is 12.4. The summed E-state index contributed by atoms with van der Waals surface area (Å²) in [5.74, 6) is 0.0725. The number of fused-ring (bicyclic) bond motifs is 1. The van der Waals surface area contributed by atoms with Crippen molar-refractivity contribution in [2.24, 2.45) is 7.05 Å². The van der Waals surface area contributed by atoms with Gasteiger partial charge in [-0.25, -0.2) is 0 Å². The summed E-state index contributed by atoms with van der Waals surface area (Å²) in [6.45, 7) is 6.07. The van der Waals surface area contributed by atoms with Crippen LogP contribution in [-0.4, -0.2) is 15.7 Å². The van der Waals surface area contributed by atoms with Gasteiger partial charge in [0.15, 0.2) is 0 Å². The van der Waals surface area contributed by atoms with E-state index in [2.05, 4.69) is 40.7 Å². The number of nitrogens with zero attached hydrogens (tertiary/aromatic N) is 2. The number of hydrogen-bond acceptors (Lipinski definition) is 2. The molecule has 0 bridgehead atoms. The molecule has 4 heteroatoms. The zero-order valence-corrected chi connectivity index (χ0v) is 15.3. The van der Waals surface area contributed by atoms with Crippen molar-refractivity contribution in [2.45, 2.75) is 39.7 Å². The third-order valence-electron chi connectivity index (χ3n) is 4.91. The van der Waals surface area contributed by atoms with Gasteiger partial charge >= 0.3 is 0 Å². The van der Waals surface area contributed by atoms with Crippen LogP contribution in [0, 0.1) is 13.8 Å². The Morgan fingerprint density at radius 1 is 1.16 bits per heavy atom. The van der Waals surface area contributed by atoms with Crippen molar-refractivity contribution in [2.75, 3.05) is 0 Å². The highest BCUT2D eigenvalue weighted by Gasteiger charge is 2.13. The van der Waals surface area contributed by atoms with Crippen molar-refractivity contribution in [3.05, 3.63) is 65.0 Å². The topological polar surface area (TPSA) is 46.9 Å². The van der Waals surface area contributed by atoms with E-state index in [1.807, 2.05) is 44.6 Å². The number of carbonyl (C=O) groups is 1. The number of aryl methyl sites for hydroxylation is 2. The number of aromatic nitrogens is 2. The minimum atomic E-state index is -0.00630. The molecule has 1 aromatic heterocycles. The predicted octanol–water partition coefficient (Wildman–Crippen LogP) is 4.00. The first kappa shape index (κ1) is 17.2. The maximum atomic E-state index is 12.4. The van der Waals surface area contributed by atoms with E-state index in [4.69, 9.17) is 0 Å². The van der Waals surface area contributed by atoms with Crippen LogP contribution < -0.4 is 5.32 Å². The molecule has 0 spiro atoms. The Morgan fingerprint density at radius 3 is 2.56 bits per heavy atom. The lowest BCUT2D eigenvalue weighted by Gasteiger charge is -2.15. The molecule has 130 valence electrons. The van der Waals surface area contributed by atoms with Gasteiger partial charge in [-0.1, -0.05) is 36.4 Å². The minimum Gasteiger partial charge on any atom is -0.350 e. The molecule has 1 atom stereocenters. The largest absolute Gasteiger partial charge is 0.350 e. The molecule has 0 fully saturated rings. The summed E-state index contributed by atoms with van der Waals surface area (Å²) in [5.41, 5.74) is 4.44. The van der Waals surface area contributed by atoms with E-state index in [-0.39, 0.29) is 11.9 Å². The number of amides is 1. The normalized spacial score (nSPS) is 12.3. The van der Waals surface area contributed by atoms with Gasteiger partial charge in [-0.2, -0.15) is 5.10 Å². The second kappa shape index (κ2) is 7.09. The molecule has 0 saturated carbocycles. The number of rotatable bonds is 5. The summed E-state index contributed by atoms with van der Waals surface area (Å²) >= 11 is 0. The fourth-order valence-corrected chi connectivity index (χ4v) is 3.29. The second-order valence-electron chi connectivity index (χ2n) is 6.67. The molecule has 0 aliphatic carbocycles. The lowest BCUT2D eigenvalue weighted by molar-refractivity contribution is -0.121. The maximum Gasteiger partial charge on any atom is 0.220 e. The quantitative estimate of drug-likeness (QED) is 0.766. The van der Waals surface area contributed by atoms with E-state index in [9.17, 15) is 4.79 Å². The van der Waals surface area contributed by atoms with E-state index < -0.39 is 0 Å². The minimum absolute atomic E-state index is 0.00630. The molecule has 2 aromatic carbocycles. The van der Waals surface area contributed by atoms with Crippen LogP contribution in [0.4, 0.5) is 0 Å². The summed E-state index contributed by atoms with van der Waals surface area (Å²) < 4.78 is 1.88. The average molecular weight is 335 g/mol. The smallest absolute Gasteiger partial charge is 0.220 e. The Bertz CT molecular complexity index is 911. The summed E-state index contributed by atoms with van der Waals surface area (Å²) in [7, 11) is 1.94. The zero-order chi connectivity index (χ0) is 18.0. The lowest BCUT2D eigenvalue weighted by Crippen LogP contribution is -2.26. The molecule has 1 amide bonds. The first-order valence-electron chi connectivity index (χ1n) is 8.73. The zero-order valence-electron chi connectivity index (χ0n) is 15.3. The Morgan fingerprint density at radius 2 is 1.88 bits per heavy atom. The Kier molecular flexibility index (Phi) is 4.88. The van der Waals surface area contributed by atoms with Gasteiger partial charge in [-0.05, 0) is 55.2 Å². The summed E-state index contributed by atoms with van der Waals surface area (Å²) in [5, 5.41) is 9.93. The van der Waals surface area contributed by atoms with E-state index >= 15 is 0 Å². The molecule has 0 radical (unpaired) electrons. The third kappa shape index (κ3) is 3.73. The van der Waals surface area contributed by atoms with Crippen LogP contribution in [0.15, 0.2) is 42.5 Å². The average Bonchev–Trinajstić information content (AvgIpc) is 2.84. The highest BCUT2D eigenvalue weighted by Crippen LogP contribution is 2.20. The third-order valence-corrected chi connectivity index (χ3v) is 4.91. The molecule has 0 aliphatic heterocycles. The molecule has 25 heavy (non-hydrogen) atoms. The van der Waals surface area contributed by atoms with Gasteiger partial charge in [0.05, 0.1) is 11.7 Å². The van der Waals surface area contributed by atoms with Crippen LogP contribution in [-0.2, 0) is 18.3 Å². The number of nitrogens with one attached hydrogen (secondary N) is 1. The first-order chi connectivity index (χ1) is 12.0. The second-order valence-corrected chi connectivity index (χ2v) is 6.67. The monoisotopic (exact) mass is 335 g/mol. The van der Waals surface area contributed by atoms with Crippen molar-refractivity contribution < 1.29 is 4.79 Å². The van der Waals surface area contributed by atoms with E-state index in [1.165, 1.54) is 16.3 Å². The van der Waals surface area contributed by atoms with Crippen molar-refractivity contribution in [3.8, 4) is 0 Å². The molecule has 1 unspecified atom stereocenters. The lowest BCUT2D eigenvalue weighted by atomic mass is 10.0. The van der Waals surface area contributed by atoms with Gasteiger partial charge in [0, 0.05) is 19.2 Å². The van der Waals surface area contributed by atoms with Crippen LogP contribution in [0.25, 0.3) is 10.8 Å². The molecule has 3 rings (SSSR count). The van der Waals surface area contributed by atoms with Gasteiger partial charge in [0.2, 0.25) is 5.91 Å². The van der Waals surface area contributed by atoms with Gasteiger partial charge in [-0.3, -0.25) is 9.48 Å². The van der Waals surface area contributed by atoms with Crippen molar-refractivity contribution in [1.82, 2.24) is 15.1 Å². The Labute approximate surface area is 148 Å². The number of benzene rings is 2. The molecule has 1 heterocycles. The van der Waals surface area contributed by atoms with Crippen molar-refractivity contribution in [1.29, 1.82) is 0 Å².